The number of thioether (sulfide) groups is 1. The van der Waals surface area contributed by atoms with Crippen molar-refractivity contribution in [3.8, 4) is 0 Å². The molecule has 1 rings (SSSR count). The van der Waals surface area contributed by atoms with Crippen molar-refractivity contribution in [1.82, 2.24) is 5.43 Å². The van der Waals surface area contributed by atoms with Crippen molar-refractivity contribution in [2.75, 3.05) is 12.3 Å². The van der Waals surface area contributed by atoms with E-state index in [0.29, 0.717) is 0 Å². The lowest BCUT2D eigenvalue weighted by molar-refractivity contribution is 1.03. The van der Waals surface area contributed by atoms with Gasteiger partial charge in [0.1, 0.15) is 0 Å². The van der Waals surface area contributed by atoms with Gasteiger partial charge in [-0.05, 0) is 0 Å². The maximum atomic E-state index is 5.03. The molecular weight excluding hydrogens is 146 g/mol. The van der Waals surface area contributed by atoms with Crippen LogP contribution in [0.25, 0.3) is 0 Å². The molecule has 3 N–H and O–H groups in total. The van der Waals surface area contributed by atoms with E-state index in [1.54, 1.807) is 11.8 Å². The molecule has 0 unspecified atom stereocenters. The predicted molar refractivity (Wildman–Crippen MR) is 39.3 cm³/mol. The molecule has 0 aromatic heterocycles. The Bertz CT molecular complexity index is 94.5. The minimum Gasteiger partial charge on any atom is -0.303 e. The van der Waals surface area contributed by atoms with Crippen LogP contribution in [0.1, 0.15) is 0 Å². The van der Waals surface area contributed by atoms with Gasteiger partial charge in [0.05, 0.1) is 6.54 Å². The zero-order valence-corrected chi connectivity index (χ0v) is 5.89. The third-order valence-corrected chi connectivity index (χ3v) is 1.62. The van der Waals surface area contributed by atoms with Gasteiger partial charge in [-0.15, -0.1) is 12.4 Å². The van der Waals surface area contributed by atoms with Gasteiger partial charge in [0.25, 0.3) is 0 Å². The van der Waals surface area contributed by atoms with Crippen LogP contribution < -0.4 is 11.3 Å². The van der Waals surface area contributed by atoms with Crippen molar-refractivity contribution < 1.29 is 0 Å². The van der Waals surface area contributed by atoms with E-state index in [-0.39, 0.29) is 12.4 Å². The zero-order valence-electron chi connectivity index (χ0n) is 4.26. The lowest BCUT2D eigenvalue weighted by atomic mass is 10.8. The Hall–Kier alpha value is 0.0700. The summed E-state index contributed by atoms with van der Waals surface area (Å²) in [6.45, 7) is 0.907. The van der Waals surface area contributed by atoms with Crippen molar-refractivity contribution in [2.24, 2.45) is 10.8 Å². The summed E-state index contributed by atoms with van der Waals surface area (Å²) in [5.74, 6) is 6.10. The lowest BCUT2D eigenvalue weighted by Crippen LogP contribution is -2.26. The molecule has 8 heavy (non-hydrogen) atoms. The van der Waals surface area contributed by atoms with Gasteiger partial charge >= 0.3 is 0 Å². The summed E-state index contributed by atoms with van der Waals surface area (Å²) in [5, 5.41) is 0.861. The molecular formula is C3H8ClN3S. The second kappa shape index (κ2) is 4.00. The Labute approximate surface area is 58.5 Å². The van der Waals surface area contributed by atoms with Crippen molar-refractivity contribution >= 4 is 29.3 Å². The van der Waals surface area contributed by atoms with Crippen LogP contribution in [-0.4, -0.2) is 17.5 Å². The molecule has 0 saturated heterocycles. The summed E-state index contributed by atoms with van der Waals surface area (Å²) in [4.78, 5) is 4.00. The number of nitrogens with one attached hydrogen (secondary N) is 1. The molecule has 1 heterocycles. The second-order valence-electron chi connectivity index (χ2n) is 1.18. The maximum absolute atomic E-state index is 5.03. The van der Waals surface area contributed by atoms with Crippen LogP contribution in [0.15, 0.2) is 4.99 Å². The summed E-state index contributed by atoms with van der Waals surface area (Å²) >= 11 is 1.66. The number of aliphatic imine (C=N–C) groups is 1. The summed E-state index contributed by atoms with van der Waals surface area (Å²) in [5.41, 5.74) is 2.48. The van der Waals surface area contributed by atoms with Gasteiger partial charge in [-0.3, -0.25) is 4.99 Å². The number of hydrogen-bond donors (Lipinski definition) is 2. The molecule has 0 aromatic carbocycles. The van der Waals surface area contributed by atoms with Crippen LogP contribution in [-0.2, 0) is 0 Å². The zero-order chi connectivity index (χ0) is 5.11. The molecule has 3 nitrogen and oxygen atoms in total. The lowest BCUT2D eigenvalue weighted by Gasteiger charge is -1.90. The van der Waals surface area contributed by atoms with Crippen molar-refractivity contribution in [1.29, 1.82) is 0 Å². The van der Waals surface area contributed by atoms with E-state index in [0.717, 1.165) is 17.5 Å². The molecule has 0 aromatic rings. The number of hydrazine groups is 1. The average molecular weight is 154 g/mol. The monoisotopic (exact) mass is 153 g/mol. The quantitative estimate of drug-likeness (QED) is 0.380. The van der Waals surface area contributed by atoms with Gasteiger partial charge in [-0.1, -0.05) is 11.8 Å². The number of hydrogen-bond acceptors (Lipinski definition) is 4. The van der Waals surface area contributed by atoms with Crippen molar-refractivity contribution in [3.63, 3.8) is 0 Å². The van der Waals surface area contributed by atoms with E-state index >= 15 is 0 Å². The fourth-order valence-corrected chi connectivity index (χ4v) is 1.06. The summed E-state index contributed by atoms with van der Waals surface area (Å²) < 4.78 is 0. The first-order valence-electron chi connectivity index (χ1n) is 2.07. The van der Waals surface area contributed by atoms with Crippen molar-refractivity contribution in [3.05, 3.63) is 0 Å². The molecule has 48 valence electrons. The van der Waals surface area contributed by atoms with Gasteiger partial charge in [0.15, 0.2) is 5.17 Å². The van der Waals surface area contributed by atoms with E-state index < -0.39 is 0 Å². The van der Waals surface area contributed by atoms with E-state index in [1.807, 2.05) is 0 Å². The molecule has 0 spiro atoms. The largest absolute Gasteiger partial charge is 0.303 e. The Morgan fingerprint density at radius 3 is 2.75 bits per heavy atom. The highest BCUT2D eigenvalue weighted by Gasteiger charge is 2.01. The molecule has 0 aliphatic carbocycles. The number of rotatable bonds is 0. The molecule has 0 bridgehead atoms. The average Bonchev–Trinajstić information content (AvgIpc) is 2.14. The minimum atomic E-state index is 0. The molecule has 0 atom stereocenters. The molecule has 0 fully saturated rings. The molecule has 0 saturated carbocycles. The maximum Gasteiger partial charge on any atom is 0.170 e. The summed E-state index contributed by atoms with van der Waals surface area (Å²) in [6, 6.07) is 0. The van der Waals surface area contributed by atoms with Crippen LogP contribution >= 0.6 is 24.2 Å². The Morgan fingerprint density at radius 1 is 1.75 bits per heavy atom. The van der Waals surface area contributed by atoms with Gasteiger partial charge in [0.2, 0.25) is 0 Å². The first kappa shape index (κ1) is 8.07. The Morgan fingerprint density at radius 2 is 2.50 bits per heavy atom. The van der Waals surface area contributed by atoms with Crippen LogP contribution in [0.4, 0.5) is 0 Å². The van der Waals surface area contributed by atoms with Crippen LogP contribution in [0.2, 0.25) is 0 Å². The molecule has 5 heteroatoms. The highest BCUT2D eigenvalue weighted by molar-refractivity contribution is 8.14. The molecule has 0 radical (unpaired) electrons. The standard InChI is InChI=1S/C3H7N3S.ClH/c4-6-3-5-1-2-7-3;/h1-2,4H2,(H,5,6);1H. The highest BCUT2D eigenvalue weighted by atomic mass is 35.5. The molecule has 0 amide bonds. The van der Waals surface area contributed by atoms with Crippen molar-refractivity contribution in [2.45, 2.75) is 0 Å². The topological polar surface area (TPSA) is 50.4 Å². The predicted octanol–water partition coefficient (Wildman–Crippen LogP) is -0.0257. The van der Waals surface area contributed by atoms with Crippen LogP contribution in [0.3, 0.4) is 0 Å². The SMILES string of the molecule is Cl.NNC1=NCCS1. The van der Waals surface area contributed by atoms with Gasteiger partial charge in [0, 0.05) is 5.75 Å². The highest BCUT2D eigenvalue weighted by Crippen LogP contribution is 2.06. The van der Waals surface area contributed by atoms with E-state index in [4.69, 9.17) is 5.84 Å². The number of nitrogens with zero attached hydrogens (tertiary/aromatic N) is 1. The smallest absolute Gasteiger partial charge is 0.170 e. The van der Waals surface area contributed by atoms with Gasteiger partial charge in [-0.25, -0.2) is 5.84 Å². The molecule has 1 aliphatic heterocycles. The van der Waals surface area contributed by atoms with Crippen LogP contribution in [0.5, 0.6) is 0 Å². The first-order valence-corrected chi connectivity index (χ1v) is 3.06. The molecule has 1 aliphatic rings. The number of nitrogens with two attached hydrogens (primary N) is 1. The second-order valence-corrected chi connectivity index (χ2v) is 2.26. The normalized spacial score (nSPS) is 16.9. The Kier molecular flexibility index (Phi) is 4.03. The fourth-order valence-electron chi connectivity index (χ4n) is 0.422. The third kappa shape index (κ3) is 1.90. The fraction of sp³-hybridized carbons (Fsp3) is 0.667. The van der Waals surface area contributed by atoms with Crippen LogP contribution in [0, 0.1) is 0 Å². The Balaban J connectivity index is 0.000000490. The van der Waals surface area contributed by atoms with E-state index in [9.17, 15) is 0 Å². The van der Waals surface area contributed by atoms with Gasteiger partial charge < -0.3 is 5.43 Å². The summed E-state index contributed by atoms with van der Waals surface area (Å²) in [6.07, 6.45) is 0. The number of amidine groups is 1. The van der Waals surface area contributed by atoms with Gasteiger partial charge in [-0.2, -0.15) is 0 Å². The minimum absolute atomic E-state index is 0. The number of halogens is 1. The third-order valence-electron chi connectivity index (χ3n) is 0.709. The van der Waals surface area contributed by atoms with E-state index in [2.05, 4.69) is 10.4 Å². The first-order chi connectivity index (χ1) is 3.43. The van der Waals surface area contributed by atoms with E-state index in [1.165, 1.54) is 0 Å². The summed E-state index contributed by atoms with van der Waals surface area (Å²) in [7, 11) is 0.